The van der Waals surface area contributed by atoms with Gasteiger partial charge in [-0.3, -0.25) is 0 Å². The van der Waals surface area contributed by atoms with Crippen LogP contribution < -0.4 is 0 Å². The summed E-state index contributed by atoms with van der Waals surface area (Å²) in [6.45, 7) is 5.52. The highest BCUT2D eigenvalue weighted by atomic mass is 32.2. The number of hydrogen-bond acceptors (Lipinski definition) is 11. The van der Waals surface area contributed by atoms with Crippen molar-refractivity contribution in [3.8, 4) is 0 Å². The van der Waals surface area contributed by atoms with Crippen LogP contribution in [0.3, 0.4) is 0 Å². The number of hydrogen-bond donors (Lipinski definition) is 0. The van der Waals surface area contributed by atoms with Crippen LogP contribution in [-0.2, 0) is 23.7 Å². The quantitative estimate of drug-likeness (QED) is 0.0260. The van der Waals surface area contributed by atoms with Crippen molar-refractivity contribution >= 4 is 35.8 Å². The number of rotatable bonds is 26. The standard InChI is InChI=1S/C50H61NO9S/c1-3-5-7-9-11-25-35-51(36-26-12-10-8-6-4-2)61-50-45(59-49(55)41-33-23-16-24-34-41)44(58-48(54)40-31-21-15-22-32-40)43(60-50)42(57-47(53)39-29-19-14-20-30-39)37-56-46(52)38-27-17-13-18-28-38/h13-24,27-34,42-45,50H,3-12,25-26,35-37H2,1-2H3/t42-,43+,44+,45-,50+/m1/s1. The minimum absolute atomic E-state index is 0.264. The van der Waals surface area contributed by atoms with E-state index in [0.29, 0.717) is 11.1 Å². The van der Waals surface area contributed by atoms with E-state index in [4.69, 9.17) is 23.7 Å². The maximum absolute atomic E-state index is 14.0. The Morgan fingerprint density at radius 1 is 0.525 bits per heavy atom. The Hall–Kier alpha value is -4.97. The molecule has 1 saturated heterocycles. The Balaban J connectivity index is 1.50. The van der Waals surface area contributed by atoms with Crippen LogP contribution in [-0.4, -0.2) is 77.7 Å². The van der Waals surface area contributed by atoms with Crippen molar-refractivity contribution in [3.63, 3.8) is 0 Å². The lowest BCUT2D eigenvalue weighted by Crippen LogP contribution is -2.47. The molecule has 11 heteroatoms. The highest BCUT2D eigenvalue weighted by Crippen LogP contribution is 2.39. The molecule has 1 aliphatic rings. The van der Waals surface area contributed by atoms with E-state index in [1.165, 1.54) is 50.5 Å². The lowest BCUT2D eigenvalue weighted by Gasteiger charge is -2.29. The first-order chi connectivity index (χ1) is 29.9. The Bertz CT molecular complexity index is 1870. The molecule has 1 fully saturated rings. The zero-order valence-corrected chi connectivity index (χ0v) is 36.4. The second-order valence-electron chi connectivity index (χ2n) is 15.3. The van der Waals surface area contributed by atoms with Crippen LogP contribution in [0.25, 0.3) is 0 Å². The van der Waals surface area contributed by atoms with Gasteiger partial charge in [0.2, 0.25) is 0 Å². The number of carbonyl (C=O) groups is 4. The third-order valence-electron chi connectivity index (χ3n) is 10.5. The summed E-state index contributed by atoms with van der Waals surface area (Å²) in [6.07, 6.45) is 8.59. The van der Waals surface area contributed by atoms with E-state index in [9.17, 15) is 19.2 Å². The maximum Gasteiger partial charge on any atom is 0.338 e. The molecule has 5 atom stereocenters. The molecule has 0 radical (unpaired) electrons. The predicted molar refractivity (Wildman–Crippen MR) is 238 cm³/mol. The minimum Gasteiger partial charge on any atom is -0.458 e. The molecular weight excluding hydrogens is 791 g/mol. The normalized spacial score (nSPS) is 17.7. The van der Waals surface area contributed by atoms with Crippen molar-refractivity contribution in [2.75, 3.05) is 19.7 Å². The van der Waals surface area contributed by atoms with Crippen molar-refractivity contribution in [2.45, 2.75) is 121 Å². The molecule has 10 nitrogen and oxygen atoms in total. The fraction of sp³-hybridized carbons (Fsp3) is 0.440. The number of ether oxygens (including phenoxy) is 5. The SMILES string of the molecule is CCCCCCCCN(CCCCCCCC)S[C@@H]1O[C@@H]([C@@H](COC(=O)c2ccccc2)OC(=O)c2ccccc2)[C@H](OC(=O)c2ccccc2)[C@H]1OC(=O)c1ccccc1. The molecule has 0 spiro atoms. The Kier molecular flexibility index (Phi) is 20.4. The van der Waals surface area contributed by atoms with Crippen molar-refractivity contribution < 1.29 is 42.9 Å². The molecular formula is C50H61NO9S. The lowest BCUT2D eigenvalue weighted by molar-refractivity contribution is -0.0900. The minimum atomic E-state index is -1.29. The van der Waals surface area contributed by atoms with Crippen LogP contribution in [0.15, 0.2) is 121 Å². The first kappa shape index (κ1) is 47.1. The van der Waals surface area contributed by atoms with Crippen LogP contribution in [0.1, 0.15) is 132 Å². The van der Waals surface area contributed by atoms with E-state index >= 15 is 0 Å². The van der Waals surface area contributed by atoms with Gasteiger partial charge >= 0.3 is 23.9 Å². The van der Waals surface area contributed by atoms with Gasteiger partial charge in [-0.15, -0.1) is 0 Å². The topological polar surface area (TPSA) is 118 Å². The van der Waals surface area contributed by atoms with Crippen molar-refractivity contribution in [1.82, 2.24) is 4.31 Å². The summed E-state index contributed by atoms with van der Waals surface area (Å²) in [5, 5.41) is 0. The predicted octanol–water partition coefficient (Wildman–Crippen LogP) is 10.9. The van der Waals surface area contributed by atoms with Gasteiger partial charge in [-0.1, -0.05) is 151 Å². The lowest BCUT2D eigenvalue weighted by atomic mass is 10.1. The number of benzene rings is 4. The molecule has 1 heterocycles. The van der Waals surface area contributed by atoms with Crippen molar-refractivity contribution in [2.24, 2.45) is 0 Å². The van der Waals surface area contributed by atoms with Gasteiger partial charge in [0.05, 0.1) is 22.3 Å². The monoisotopic (exact) mass is 851 g/mol. The Labute approximate surface area is 365 Å². The summed E-state index contributed by atoms with van der Waals surface area (Å²) >= 11 is 1.41. The zero-order valence-electron chi connectivity index (χ0n) is 35.6. The second-order valence-corrected chi connectivity index (χ2v) is 16.5. The molecule has 5 rings (SSSR count). The smallest absolute Gasteiger partial charge is 0.338 e. The van der Waals surface area contributed by atoms with Gasteiger partial charge in [-0.05, 0) is 73.3 Å². The molecule has 0 aliphatic carbocycles. The van der Waals surface area contributed by atoms with Gasteiger partial charge in [-0.25, -0.2) is 23.5 Å². The van der Waals surface area contributed by atoms with Gasteiger partial charge in [0.15, 0.2) is 23.7 Å². The summed E-state index contributed by atoms with van der Waals surface area (Å²) in [5.41, 5.74) is 0.251. The van der Waals surface area contributed by atoms with Crippen LogP contribution in [0.2, 0.25) is 0 Å². The van der Waals surface area contributed by atoms with Gasteiger partial charge in [0.1, 0.15) is 12.7 Å². The number of nitrogens with zero attached hydrogens (tertiary/aromatic N) is 1. The fourth-order valence-corrected chi connectivity index (χ4v) is 8.39. The molecule has 0 N–H and O–H groups in total. The first-order valence-electron chi connectivity index (χ1n) is 21.9. The van der Waals surface area contributed by atoms with Gasteiger partial charge in [0.25, 0.3) is 0 Å². The largest absolute Gasteiger partial charge is 0.458 e. The summed E-state index contributed by atoms with van der Waals surface area (Å²) in [7, 11) is 0. The fourth-order valence-electron chi connectivity index (χ4n) is 7.12. The van der Waals surface area contributed by atoms with Crippen molar-refractivity contribution in [1.29, 1.82) is 0 Å². The second kappa shape index (κ2) is 26.4. The molecule has 1 aliphatic heterocycles. The highest BCUT2D eigenvalue weighted by Gasteiger charge is 2.55. The molecule has 0 saturated carbocycles. The van der Waals surface area contributed by atoms with Crippen LogP contribution >= 0.6 is 11.9 Å². The van der Waals surface area contributed by atoms with Crippen LogP contribution in [0.4, 0.5) is 0 Å². The summed E-state index contributed by atoms with van der Waals surface area (Å²) < 4.78 is 33.7. The van der Waals surface area contributed by atoms with Crippen LogP contribution in [0, 0.1) is 0 Å². The van der Waals surface area contributed by atoms with E-state index in [1.54, 1.807) is 121 Å². The maximum atomic E-state index is 14.0. The van der Waals surface area contributed by atoms with Crippen LogP contribution in [0.5, 0.6) is 0 Å². The number of unbranched alkanes of at least 4 members (excludes halogenated alkanes) is 10. The summed E-state index contributed by atoms with van der Waals surface area (Å²) in [5.74, 6) is -2.65. The van der Waals surface area contributed by atoms with Gasteiger partial charge in [-0.2, -0.15) is 0 Å². The third kappa shape index (κ3) is 15.5. The third-order valence-corrected chi connectivity index (χ3v) is 11.8. The number of carbonyl (C=O) groups excluding carboxylic acids is 4. The highest BCUT2D eigenvalue weighted by molar-refractivity contribution is 7.97. The summed E-state index contributed by atoms with van der Waals surface area (Å²) in [6, 6.07) is 34.0. The van der Waals surface area contributed by atoms with Gasteiger partial charge < -0.3 is 23.7 Å². The first-order valence-corrected chi connectivity index (χ1v) is 22.8. The molecule has 0 bridgehead atoms. The van der Waals surface area contributed by atoms with Crippen molar-refractivity contribution in [3.05, 3.63) is 144 Å². The average Bonchev–Trinajstić information content (AvgIpc) is 3.62. The Morgan fingerprint density at radius 3 is 1.38 bits per heavy atom. The molecule has 0 aromatic heterocycles. The molecule has 4 aromatic rings. The number of esters is 4. The molecule has 326 valence electrons. The van der Waals surface area contributed by atoms with Gasteiger partial charge in [0, 0.05) is 13.1 Å². The van der Waals surface area contributed by atoms with E-state index in [2.05, 4.69) is 18.2 Å². The molecule has 4 aromatic carbocycles. The van der Waals surface area contributed by atoms with E-state index in [0.717, 1.165) is 51.6 Å². The molecule has 0 amide bonds. The Morgan fingerprint density at radius 2 is 0.918 bits per heavy atom. The molecule has 61 heavy (non-hydrogen) atoms. The zero-order chi connectivity index (χ0) is 43.1. The van der Waals surface area contributed by atoms with E-state index in [-0.39, 0.29) is 11.1 Å². The summed E-state index contributed by atoms with van der Waals surface area (Å²) in [4.78, 5) is 55.0. The average molecular weight is 852 g/mol. The van der Waals surface area contributed by atoms with E-state index < -0.39 is 60.3 Å². The van der Waals surface area contributed by atoms with E-state index in [1.807, 2.05) is 0 Å². The molecule has 0 unspecified atom stereocenters.